The molecule has 0 amide bonds. The van der Waals surface area contributed by atoms with Gasteiger partial charge in [0, 0.05) is 12.3 Å². The van der Waals surface area contributed by atoms with Gasteiger partial charge in [-0.05, 0) is 22.4 Å². The first-order valence-corrected chi connectivity index (χ1v) is 5.01. The fourth-order valence-electron chi connectivity index (χ4n) is 1.17. The van der Waals surface area contributed by atoms with Gasteiger partial charge in [-0.25, -0.2) is 4.79 Å². The fraction of sp³-hybridized carbons (Fsp3) is 0.111. The number of aromatic nitrogens is 2. The smallest absolute Gasteiger partial charge is 0.314 e. The van der Waals surface area contributed by atoms with Crippen molar-refractivity contribution in [2.24, 2.45) is 0 Å². The van der Waals surface area contributed by atoms with Crippen LogP contribution in [0.3, 0.4) is 0 Å². The van der Waals surface area contributed by atoms with Crippen molar-refractivity contribution in [3.8, 4) is 0 Å². The number of nitrogens with one attached hydrogen (secondary N) is 1. The molecule has 2 rings (SSSR count). The van der Waals surface area contributed by atoms with E-state index in [1.165, 1.54) is 16.8 Å². The summed E-state index contributed by atoms with van der Waals surface area (Å²) in [6.45, 7) is 0.332. The summed E-state index contributed by atoms with van der Waals surface area (Å²) in [5, 5.41) is 3.83. The Kier molecular flexibility index (Phi) is 2.32. The maximum atomic E-state index is 11.3. The predicted octanol–water partition coefficient (Wildman–Crippen LogP) is 0.646. The van der Waals surface area contributed by atoms with Gasteiger partial charge in [0.25, 0.3) is 5.56 Å². The molecule has 0 saturated carbocycles. The second kappa shape index (κ2) is 3.63. The second-order valence-electron chi connectivity index (χ2n) is 2.84. The molecule has 2 aromatic heterocycles. The van der Waals surface area contributed by atoms with Crippen molar-refractivity contribution in [2.45, 2.75) is 6.54 Å². The van der Waals surface area contributed by atoms with E-state index < -0.39 is 0 Å². The van der Waals surface area contributed by atoms with E-state index in [1.54, 1.807) is 11.3 Å². The number of hydrogen-bond donors (Lipinski definition) is 1. The molecule has 14 heavy (non-hydrogen) atoms. The minimum absolute atomic E-state index is 0.278. The van der Waals surface area contributed by atoms with Crippen molar-refractivity contribution in [3.05, 3.63) is 55.5 Å². The van der Waals surface area contributed by atoms with E-state index in [0.717, 1.165) is 5.56 Å². The molecule has 2 heterocycles. The molecule has 0 unspecified atom stereocenters. The Morgan fingerprint density at radius 3 is 2.86 bits per heavy atom. The Morgan fingerprint density at radius 2 is 2.21 bits per heavy atom. The lowest BCUT2D eigenvalue weighted by molar-refractivity contribution is 0.700. The highest BCUT2D eigenvalue weighted by molar-refractivity contribution is 7.07. The average Bonchev–Trinajstić information content (AvgIpc) is 2.64. The quantitative estimate of drug-likeness (QED) is 0.787. The normalized spacial score (nSPS) is 10.3. The third-order valence-electron chi connectivity index (χ3n) is 1.86. The first-order chi connectivity index (χ1) is 6.77. The lowest BCUT2D eigenvalue weighted by atomic mass is 10.3. The summed E-state index contributed by atoms with van der Waals surface area (Å²) in [6, 6.07) is 3.23. The molecule has 4 nitrogen and oxygen atoms in total. The van der Waals surface area contributed by atoms with Gasteiger partial charge >= 0.3 is 5.69 Å². The van der Waals surface area contributed by atoms with Crippen LogP contribution >= 0.6 is 11.3 Å². The zero-order chi connectivity index (χ0) is 9.97. The maximum Gasteiger partial charge on any atom is 0.328 e. The first-order valence-electron chi connectivity index (χ1n) is 4.07. The average molecular weight is 208 g/mol. The van der Waals surface area contributed by atoms with Crippen molar-refractivity contribution < 1.29 is 0 Å². The van der Waals surface area contributed by atoms with Gasteiger partial charge in [-0.15, -0.1) is 0 Å². The molecule has 0 radical (unpaired) electrons. The van der Waals surface area contributed by atoms with Gasteiger partial charge in [0.05, 0.1) is 6.54 Å². The zero-order valence-electron chi connectivity index (χ0n) is 7.27. The molecule has 5 heteroatoms. The van der Waals surface area contributed by atoms with Crippen LogP contribution in [0.2, 0.25) is 0 Å². The molecular formula is C9H8N2O2S. The number of nitrogens with zero attached hydrogens (tertiary/aromatic N) is 1. The summed E-state index contributed by atoms with van der Waals surface area (Å²) < 4.78 is 1.17. The van der Waals surface area contributed by atoms with Crippen molar-refractivity contribution >= 4 is 11.3 Å². The minimum atomic E-state index is -0.372. The Morgan fingerprint density at radius 1 is 1.36 bits per heavy atom. The third kappa shape index (κ3) is 1.67. The van der Waals surface area contributed by atoms with Crippen LogP contribution in [0.5, 0.6) is 0 Å². The molecule has 0 spiro atoms. The molecule has 0 aliphatic carbocycles. The van der Waals surface area contributed by atoms with E-state index in [4.69, 9.17) is 0 Å². The zero-order valence-corrected chi connectivity index (χ0v) is 8.08. The molecule has 0 aliphatic heterocycles. The molecule has 1 N–H and O–H groups in total. The first kappa shape index (κ1) is 8.96. The molecule has 0 atom stereocenters. The van der Waals surface area contributed by atoms with E-state index in [-0.39, 0.29) is 11.2 Å². The fourth-order valence-corrected chi connectivity index (χ4v) is 1.83. The van der Waals surface area contributed by atoms with Gasteiger partial charge in [-0.3, -0.25) is 9.36 Å². The van der Waals surface area contributed by atoms with Crippen molar-refractivity contribution in [2.75, 3.05) is 0 Å². The minimum Gasteiger partial charge on any atom is -0.314 e. The molecule has 2 aromatic rings. The van der Waals surface area contributed by atoms with Gasteiger partial charge in [-0.1, -0.05) is 0 Å². The van der Waals surface area contributed by atoms with Crippen LogP contribution < -0.4 is 11.2 Å². The SMILES string of the molecule is O=c1cc[nH]c(=O)n1Cc1ccsc1. The highest BCUT2D eigenvalue weighted by Gasteiger charge is 2.01. The molecule has 0 aliphatic rings. The molecule has 0 aromatic carbocycles. The van der Waals surface area contributed by atoms with Crippen LogP contribution in [0.1, 0.15) is 5.56 Å². The summed E-state index contributed by atoms with van der Waals surface area (Å²) >= 11 is 1.54. The van der Waals surface area contributed by atoms with Crippen molar-refractivity contribution in [1.29, 1.82) is 0 Å². The number of hydrogen-bond acceptors (Lipinski definition) is 3. The monoisotopic (exact) mass is 208 g/mol. The van der Waals surface area contributed by atoms with E-state index in [1.807, 2.05) is 16.8 Å². The summed E-state index contributed by atoms with van der Waals surface area (Å²) in [5.41, 5.74) is 0.317. The van der Waals surface area contributed by atoms with E-state index in [0.29, 0.717) is 6.54 Å². The number of H-pyrrole nitrogens is 1. The molecule has 0 saturated heterocycles. The summed E-state index contributed by atoms with van der Waals surface area (Å²) in [5.74, 6) is 0. The number of aromatic amines is 1. The van der Waals surface area contributed by atoms with Gasteiger partial charge in [0.2, 0.25) is 0 Å². The highest BCUT2D eigenvalue weighted by atomic mass is 32.1. The molecule has 0 fully saturated rings. The Bertz CT molecular complexity index is 496. The number of thiophene rings is 1. The van der Waals surface area contributed by atoms with Crippen LogP contribution in [0, 0.1) is 0 Å². The largest absolute Gasteiger partial charge is 0.328 e. The molecule has 0 bridgehead atoms. The summed E-state index contributed by atoms with van der Waals surface area (Å²) in [6.07, 6.45) is 1.36. The van der Waals surface area contributed by atoms with Crippen LogP contribution in [0.4, 0.5) is 0 Å². The van der Waals surface area contributed by atoms with Crippen LogP contribution in [0.25, 0.3) is 0 Å². The lowest BCUT2D eigenvalue weighted by Crippen LogP contribution is -2.34. The Hall–Kier alpha value is -1.62. The number of rotatable bonds is 2. The Labute approximate surface area is 83.5 Å². The van der Waals surface area contributed by atoms with Gasteiger partial charge in [-0.2, -0.15) is 11.3 Å². The second-order valence-corrected chi connectivity index (χ2v) is 3.62. The maximum absolute atomic E-state index is 11.3. The molecular weight excluding hydrogens is 200 g/mol. The standard InChI is InChI=1S/C9H8N2O2S/c12-8-1-3-10-9(13)11(8)5-7-2-4-14-6-7/h1-4,6H,5H2,(H,10,13). The van der Waals surface area contributed by atoms with Gasteiger partial charge in [0.1, 0.15) is 0 Å². The molecule has 72 valence electrons. The summed E-state index contributed by atoms with van der Waals surface area (Å²) in [7, 11) is 0. The highest BCUT2D eigenvalue weighted by Crippen LogP contribution is 2.05. The van der Waals surface area contributed by atoms with Crippen molar-refractivity contribution in [3.63, 3.8) is 0 Å². The van der Waals surface area contributed by atoms with E-state index in [2.05, 4.69) is 4.98 Å². The van der Waals surface area contributed by atoms with Gasteiger partial charge in [0.15, 0.2) is 0 Å². The van der Waals surface area contributed by atoms with Crippen LogP contribution in [0.15, 0.2) is 38.7 Å². The van der Waals surface area contributed by atoms with Crippen LogP contribution in [-0.4, -0.2) is 9.55 Å². The van der Waals surface area contributed by atoms with E-state index in [9.17, 15) is 9.59 Å². The predicted molar refractivity (Wildman–Crippen MR) is 54.7 cm³/mol. The van der Waals surface area contributed by atoms with Crippen LogP contribution in [-0.2, 0) is 6.54 Å². The van der Waals surface area contributed by atoms with Crippen molar-refractivity contribution in [1.82, 2.24) is 9.55 Å². The topological polar surface area (TPSA) is 54.9 Å². The third-order valence-corrected chi connectivity index (χ3v) is 2.60. The van der Waals surface area contributed by atoms with E-state index >= 15 is 0 Å². The summed E-state index contributed by atoms with van der Waals surface area (Å²) in [4.78, 5) is 25.1. The Balaban J connectivity index is 2.43. The van der Waals surface area contributed by atoms with Gasteiger partial charge < -0.3 is 4.98 Å². The lowest BCUT2D eigenvalue weighted by Gasteiger charge is -2.00.